The van der Waals surface area contributed by atoms with Crippen molar-refractivity contribution in [1.82, 2.24) is 19.8 Å². The number of nitrogens with one attached hydrogen (secondary N) is 2. The average Bonchev–Trinajstić information content (AvgIpc) is 2.81. The van der Waals surface area contributed by atoms with Crippen molar-refractivity contribution in [2.45, 2.75) is 6.42 Å². The minimum absolute atomic E-state index is 0.513. The van der Waals surface area contributed by atoms with E-state index in [9.17, 15) is 0 Å². The molecule has 2 aromatic carbocycles. The molecular weight excluding hydrogens is 468 g/mol. The number of rotatable bonds is 9. The van der Waals surface area contributed by atoms with Gasteiger partial charge in [0.05, 0.1) is 11.1 Å². The van der Waals surface area contributed by atoms with Crippen LogP contribution in [0.4, 0.5) is 23.1 Å². The molecule has 0 spiro atoms. The van der Waals surface area contributed by atoms with Gasteiger partial charge in [-0.3, -0.25) is 0 Å². The van der Waals surface area contributed by atoms with Crippen LogP contribution in [0.2, 0.25) is 0 Å². The second-order valence-electron chi connectivity index (χ2n) is 7.88. The molecule has 1 saturated heterocycles. The van der Waals surface area contributed by atoms with E-state index in [0.717, 1.165) is 60.7 Å². The summed E-state index contributed by atoms with van der Waals surface area (Å²) in [5, 5.41) is 6.57. The quantitative estimate of drug-likeness (QED) is 0.414. The molecule has 32 heavy (non-hydrogen) atoms. The normalized spacial score (nSPS) is 14.8. The summed E-state index contributed by atoms with van der Waals surface area (Å²) in [6.07, 6.45) is 2.75. The van der Waals surface area contributed by atoms with Crippen LogP contribution in [0.15, 0.2) is 65.3 Å². The molecule has 0 radical (unpaired) electrons. The Labute approximate surface area is 197 Å². The highest BCUT2D eigenvalue weighted by atomic mass is 79.9. The molecule has 0 atom stereocenters. The van der Waals surface area contributed by atoms with Crippen LogP contribution in [0.25, 0.3) is 0 Å². The predicted octanol–water partition coefficient (Wildman–Crippen LogP) is 4.74. The molecule has 3 aromatic rings. The molecule has 0 aliphatic carbocycles. The van der Waals surface area contributed by atoms with E-state index in [2.05, 4.69) is 53.4 Å². The van der Waals surface area contributed by atoms with Crippen molar-refractivity contribution >= 4 is 39.1 Å². The van der Waals surface area contributed by atoms with Crippen molar-refractivity contribution < 1.29 is 4.74 Å². The van der Waals surface area contributed by atoms with Gasteiger partial charge < -0.3 is 25.2 Å². The van der Waals surface area contributed by atoms with Gasteiger partial charge in [0.15, 0.2) is 0 Å². The Morgan fingerprint density at radius 1 is 0.969 bits per heavy atom. The lowest BCUT2D eigenvalue weighted by atomic mass is 10.3. The van der Waals surface area contributed by atoms with Gasteiger partial charge in [-0.1, -0.05) is 24.3 Å². The third kappa shape index (κ3) is 6.66. The van der Waals surface area contributed by atoms with Crippen molar-refractivity contribution in [2.24, 2.45) is 0 Å². The first-order valence-corrected chi connectivity index (χ1v) is 11.7. The van der Waals surface area contributed by atoms with Gasteiger partial charge in [-0.05, 0) is 53.7 Å². The molecule has 1 fully saturated rings. The highest BCUT2D eigenvalue weighted by Gasteiger charge is 2.13. The molecule has 1 aromatic heterocycles. The number of benzene rings is 2. The summed E-state index contributed by atoms with van der Waals surface area (Å²) in [5.41, 5.74) is 1.85. The highest BCUT2D eigenvalue weighted by Crippen LogP contribution is 2.26. The number of likely N-dealkylation sites (N-methyl/N-ethyl adjacent to an activating group) is 1. The zero-order valence-electron chi connectivity index (χ0n) is 18.3. The molecule has 0 bridgehead atoms. The lowest BCUT2D eigenvalue weighted by Gasteiger charge is -2.32. The number of para-hydroxylation sites is 1. The molecule has 0 saturated carbocycles. The Hall–Kier alpha value is -2.68. The third-order valence-corrected chi connectivity index (χ3v) is 5.93. The summed E-state index contributed by atoms with van der Waals surface area (Å²) in [6, 6.07) is 17.8. The molecule has 168 valence electrons. The first-order valence-electron chi connectivity index (χ1n) is 10.9. The smallest absolute Gasteiger partial charge is 0.229 e. The Kier molecular flexibility index (Phi) is 7.92. The van der Waals surface area contributed by atoms with Gasteiger partial charge in [0.2, 0.25) is 5.95 Å². The van der Waals surface area contributed by atoms with Crippen molar-refractivity contribution in [3.05, 3.63) is 65.3 Å². The number of aromatic nitrogens is 2. The summed E-state index contributed by atoms with van der Waals surface area (Å²) in [4.78, 5) is 13.9. The van der Waals surface area contributed by atoms with Crippen LogP contribution in [0.3, 0.4) is 0 Å². The zero-order valence-corrected chi connectivity index (χ0v) is 19.9. The van der Waals surface area contributed by atoms with Crippen molar-refractivity contribution in [2.75, 3.05) is 57.0 Å². The zero-order chi connectivity index (χ0) is 22.2. The van der Waals surface area contributed by atoms with E-state index in [-0.39, 0.29) is 0 Å². The molecule has 8 heteroatoms. The Bertz CT molecular complexity index is 995. The molecule has 2 N–H and O–H groups in total. The predicted molar refractivity (Wildman–Crippen MR) is 133 cm³/mol. The van der Waals surface area contributed by atoms with Crippen LogP contribution < -0.4 is 15.4 Å². The first-order chi connectivity index (χ1) is 15.7. The Morgan fingerprint density at radius 3 is 2.56 bits per heavy atom. The molecule has 1 aliphatic rings. The maximum atomic E-state index is 5.98. The number of halogens is 1. The van der Waals surface area contributed by atoms with Crippen LogP contribution >= 0.6 is 15.9 Å². The molecule has 4 rings (SSSR count). The summed E-state index contributed by atoms with van der Waals surface area (Å²) >= 11 is 3.51. The van der Waals surface area contributed by atoms with E-state index < -0.39 is 0 Å². The van der Waals surface area contributed by atoms with Crippen molar-refractivity contribution in [3.8, 4) is 5.75 Å². The number of piperazine rings is 1. The van der Waals surface area contributed by atoms with Crippen LogP contribution in [0.5, 0.6) is 5.75 Å². The van der Waals surface area contributed by atoms with Crippen LogP contribution in [0.1, 0.15) is 6.42 Å². The lowest BCUT2D eigenvalue weighted by molar-refractivity contribution is 0.145. The minimum Gasteiger partial charge on any atom is -0.493 e. The van der Waals surface area contributed by atoms with Gasteiger partial charge in [-0.25, -0.2) is 4.98 Å². The summed E-state index contributed by atoms with van der Waals surface area (Å²) in [5.74, 6) is 2.05. The van der Waals surface area contributed by atoms with Gasteiger partial charge in [-0.2, -0.15) is 4.98 Å². The highest BCUT2D eigenvalue weighted by molar-refractivity contribution is 9.10. The summed E-state index contributed by atoms with van der Waals surface area (Å²) < 4.78 is 6.78. The SMILES string of the molecule is CN1CCN(CCCOc2cccc(Nc3ncc(Br)c(Nc4ccccc4)n3)c2)CC1. The van der Waals surface area contributed by atoms with Crippen LogP contribution in [0, 0.1) is 0 Å². The summed E-state index contributed by atoms with van der Waals surface area (Å²) in [6.45, 7) is 6.37. The summed E-state index contributed by atoms with van der Waals surface area (Å²) in [7, 11) is 2.18. The molecule has 0 amide bonds. The molecule has 7 nitrogen and oxygen atoms in total. The lowest BCUT2D eigenvalue weighted by Crippen LogP contribution is -2.44. The number of hydrogen-bond donors (Lipinski definition) is 2. The van der Waals surface area contributed by atoms with Gasteiger partial charge in [0.1, 0.15) is 11.6 Å². The van der Waals surface area contributed by atoms with E-state index >= 15 is 0 Å². The first kappa shape index (κ1) is 22.5. The van der Waals surface area contributed by atoms with Gasteiger partial charge in [0, 0.05) is 56.4 Å². The molecule has 2 heterocycles. The number of nitrogens with zero attached hydrogens (tertiary/aromatic N) is 4. The second-order valence-corrected chi connectivity index (χ2v) is 8.74. The Balaban J connectivity index is 1.30. The van der Waals surface area contributed by atoms with Gasteiger partial charge >= 0.3 is 0 Å². The van der Waals surface area contributed by atoms with E-state index in [1.807, 2.05) is 54.6 Å². The second kappa shape index (κ2) is 11.3. The monoisotopic (exact) mass is 496 g/mol. The number of hydrogen-bond acceptors (Lipinski definition) is 7. The maximum absolute atomic E-state index is 5.98. The average molecular weight is 497 g/mol. The van der Waals surface area contributed by atoms with Gasteiger partial charge in [-0.15, -0.1) is 0 Å². The van der Waals surface area contributed by atoms with E-state index in [1.165, 1.54) is 0 Å². The number of ether oxygens (including phenoxy) is 1. The fraction of sp³-hybridized carbons (Fsp3) is 0.333. The third-order valence-electron chi connectivity index (χ3n) is 5.35. The van der Waals surface area contributed by atoms with Crippen molar-refractivity contribution in [1.29, 1.82) is 0 Å². The van der Waals surface area contributed by atoms with E-state index in [0.29, 0.717) is 18.4 Å². The minimum atomic E-state index is 0.513. The van der Waals surface area contributed by atoms with Gasteiger partial charge in [0.25, 0.3) is 0 Å². The van der Waals surface area contributed by atoms with Crippen molar-refractivity contribution in [3.63, 3.8) is 0 Å². The standard InChI is InChI=1S/C24H29BrN6O/c1-30-12-14-31(15-13-30)11-6-16-32-21-10-5-9-20(17-21)28-24-26-18-22(25)23(29-24)27-19-7-3-2-4-8-19/h2-5,7-10,17-18H,6,11-16H2,1H3,(H2,26,27,28,29). The number of anilines is 4. The van der Waals surface area contributed by atoms with E-state index in [1.54, 1.807) is 6.20 Å². The molecule has 0 unspecified atom stereocenters. The fourth-order valence-corrected chi connectivity index (χ4v) is 3.81. The maximum Gasteiger partial charge on any atom is 0.229 e. The van der Waals surface area contributed by atoms with E-state index in [4.69, 9.17) is 4.74 Å². The molecular formula is C24H29BrN6O. The van der Waals surface area contributed by atoms with Crippen LogP contribution in [-0.2, 0) is 0 Å². The largest absolute Gasteiger partial charge is 0.493 e. The Morgan fingerprint density at radius 2 is 1.75 bits per heavy atom. The fourth-order valence-electron chi connectivity index (χ4n) is 3.52. The topological polar surface area (TPSA) is 65.6 Å². The molecule has 1 aliphatic heterocycles. The van der Waals surface area contributed by atoms with Crippen LogP contribution in [-0.4, -0.2) is 66.1 Å².